The van der Waals surface area contributed by atoms with Gasteiger partial charge in [-0.1, -0.05) is 59.5 Å². The summed E-state index contributed by atoms with van der Waals surface area (Å²) in [7, 11) is -0.609. The minimum atomic E-state index is -0.609. The molecule has 1 aliphatic heterocycles. The van der Waals surface area contributed by atoms with E-state index in [-0.39, 0.29) is 0 Å². The van der Waals surface area contributed by atoms with Crippen LogP contribution < -0.4 is 10.5 Å². The number of nitrogens with zero attached hydrogens (tertiary/aromatic N) is 4. The maximum absolute atomic E-state index is 5.03. The highest BCUT2D eigenvalue weighted by molar-refractivity contribution is 8.00. The predicted octanol–water partition coefficient (Wildman–Crippen LogP) is 3.74. The van der Waals surface area contributed by atoms with Gasteiger partial charge in [-0.25, -0.2) is 9.97 Å². The topological polar surface area (TPSA) is 43.1 Å². The van der Waals surface area contributed by atoms with E-state index < -0.39 is 9.52 Å². The van der Waals surface area contributed by atoms with E-state index in [1.807, 2.05) is 6.20 Å². The Hall–Kier alpha value is -3.00. The molecule has 7 rings (SSSR count). The van der Waals surface area contributed by atoms with Crippen molar-refractivity contribution in [1.82, 2.24) is 19.4 Å². The van der Waals surface area contributed by atoms with Gasteiger partial charge in [-0.15, -0.1) is 0 Å². The van der Waals surface area contributed by atoms with E-state index >= 15 is 0 Å². The molecule has 0 saturated carbocycles. The van der Waals surface area contributed by atoms with Gasteiger partial charge >= 0.3 is 0 Å². The minimum Gasteiger partial charge on any atom is -0.283 e. The van der Waals surface area contributed by atoms with Crippen LogP contribution in [0.4, 0.5) is 0 Å². The average Bonchev–Trinajstić information content (AvgIpc) is 3.32. The summed E-state index contributed by atoms with van der Waals surface area (Å²) in [5, 5.41) is 3.71. The summed E-state index contributed by atoms with van der Waals surface area (Å²) in [4.78, 5) is 17.0. The molecule has 4 heterocycles. The van der Waals surface area contributed by atoms with Crippen LogP contribution in [0.15, 0.2) is 82.8 Å². The Morgan fingerprint density at radius 2 is 1.77 bits per heavy atom. The third kappa shape index (κ3) is 2.43. The first-order chi connectivity index (χ1) is 14.8. The minimum absolute atomic E-state index is 0.609. The zero-order valence-electron chi connectivity index (χ0n) is 15.7. The summed E-state index contributed by atoms with van der Waals surface area (Å²) in [5.74, 6) is 0. The number of fused-ring (bicyclic) bond motifs is 7. The fourth-order valence-corrected chi connectivity index (χ4v) is 8.26. The Labute approximate surface area is 182 Å². The number of benzene rings is 3. The first-order valence-electron chi connectivity index (χ1n) is 9.75. The largest absolute Gasteiger partial charge is 0.283 e. The summed E-state index contributed by atoms with van der Waals surface area (Å²) in [6.07, 6.45) is 1.91. The fourth-order valence-electron chi connectivity index (χ4n) is 4.14. The van der Waals surface area contributed by atoms with Crippen molar-refractivity contribution in [1.29, 1.82) is 0 Å². The quantitative estimate of drug-likeness (QED) is 0.366. The van der Waals surface area contributed by atoms with E-state index in [1.165, 1.54) is 25.6 Å². The van der Waals surface area contributed by atoms with E-state index in [9.17, 15) is 0 Å². The van der Waals surface area contributed by atoms with E-state index in [1.54, 1.807) is 23.1 Å². The summed E-state index contributed by atoms with van der Waals surface area (Å²) >= 11 is 3.47. The fraction of sp³-hybridized carbons (Fsp3) is 0. The van der Waals surface area contributed by atoms with E-state index in [4.69, 9.17) is 15.0 Å². The monoisotopic (exact) mass is 438 g/mol. The third-order valence-corrected chi connectivity index (χ3v) is 10.1. The molecule has 7 heteroatoms. The van der Waals surface area contributed by atoms with Gasteiger partial charge in [0.1, 0.15) is 14.5 Å². The van der Waals surface area contributed by atoms with Crippen molar-refractivity contribution in [3.63, 3.8) is 0 Å². The molecule has 0 radical (unpaired) electrons. The zero-order valence-corrected chi connectivity index (χ0v) is 18.8. The number of hydrogen-bond acceptors (Lipinski definition) is 5. The normalized spacial score (nSPS) is 13.9. The first-order valence-corrected chi connectivity index (χ1v) is 12.8. The molecule has 0 aliphatic carbocycles. The van der Waals surface area contributed by atoms with Gasteiger partial charge in [-0.3, -0.25) is 9.38 Å². The molecule has 142 valence electrons. The summed E-state index contributed by atoms with van der Waals surface area (Å²) in [6, 6.07) is 23.6. The van der Waals surface area contributed by atoms with Crippen molar-refractivity contribution in [3.05, 3.63) is 72.9 Å². The van der Waals surface area contributed by atoms with Crippen molar-refractivity contribution >= 4 is 69.3 Å². The Kier molecular flexibility index (Phi) is 3.49. The lowest BCUT2D eigenvalue weighted by Gasteiger charge is -2.17. The predicted molar refractivity (Wildman–Crippen MR) is 127 cm³/mol. The molecular formula is C23H14N4S2Si. The average molecular weight is 439 g/mol. The van der Waals surface area contributed by atoms with Gasteiger partial charge in [-0.2, -0.15) is 0 Å². The molecule has 1 aliphatic rings. The van der Waals surface area contributed by atoms with Crippen LogP contribution in [0.5, 0.6) is 0 Å². The van der Waals surface area contributed by atoms with Crippen LogP contribution in [0, 0.1) is 0 Å². The number of hydrogen-bond donors (Lipinski definition) is 0. The summed E-state index contributed by atoms with van der Waals surface area (Å²) < 4.78 is 3.51. The molecule has 4 nitrogen and oxygen atoms in total. The van der Waals surface area contributed by atoms with Crippen LogP contribution in [0.3, 0.4) is 0 Å². The Morgan fingerprint density at radius 3 is 2.77 bits per heavy atom. The molecule has 0 fully saturated rings. The maximum Gasteiger partial charge on any atom is 0.195 e. The van der Waals surface area contributed by atoms with Crippen molar-refractivity contribution in [2.45, 2.75) is 9.92 Å². The molecule has 3 aromatic heterocycles. The van der Waals surface area contributed by atoms with E-state index in [2.05, 4.69) is 71.1 Å². The molecule has 0 atom stereocenters. The molecule has 6 aromatic rings. The summed E-state index contributed by atoms with van der Waals surface area (Å²) in [6.45, 7) is 0. The molecule has 0 spiro atoms. The third-order valence-electron chi connectivity index (χ3n) is 5.57. The number of para-hydroxylation sites is 1. The number of rotatable bonds is 1. The Bertz CT molecular complexity index is 1620. The lowest BCUT2D eigenvalue weighted by Crippen LogP contribution is -2.36. The molecule has 3 aromatic carbocycles. The second kappa shape index (κ2) is 6.25. The van der Waals surface area contributed by atoms with Crippen molar-refractivity contribution < 1.29 is 0 Å². The summed E-state index contributed by atoms with van der Waals surface area (Å²) in [5.41, 5.74) is 5.36. The first kappa shape index (κ1) is 16.8. The van der Waals surface area contributed by atoms with Crippen molar-refractivity contribution in [2.24, 2.45) is 0 Å². The maximum atomic E-state index is 5.03. The zero-order chi connectivity index (χ0) is 19.7. The molecule has 0 N–H and O–H groups in total. The van der Waals surface area contributed by atoms with E-state index in [0.29, 0.717) is 0 Å². The van der Waals surface area contributed by atoms with Gasteiger partial charge in [0.15, 0.2) is 4.96 Å². The van der Waals surface area contributed by atoms with Crippen LogP contribution in [-0.4, -0.2) is 28.9 Å². The molecule has 30 heavy (non-hydrogen) atoms. The molecular weight excluding hydrogens is 425 g/mol. The highest BCUT2D eigenvalue weighted by Crippen LogP contribution is 2.32. The lowest BCUT2D eigenvalue weighted by molar-refractivity contribution is 1.09. The molecule has 0 amide bonds. The second-order valence-electron chi connectivity index (χ2n) is 7.40. The SMILES string of the molecule is c1ccc2c(c1)[SiH2]c1nc(-c3ccc4c(c3)nc3sc5ccccc5n34)cnc1S2. The molecule has 0 saturated heterocycles. The van der Waals surface area contributed by atoms with Crippen molar-refractivity contribution in [3.8, 4) is 11.3 Å². The van der Waals surface area contributed by atoms with Crippen LogP contribution in [0.25, 0.3) is 37.5 Å². The van der Waals surface area contributed by atoms with Crippen LogP contribution >= 0.6 is 23.1 Å². The Balaban J connectivity index is 1.35. The van der Waals surface area contributed by atoms with Gasteiger partial charge in [-0.05, 0) is 35.5 Å². The number of thiazole rings is 1. The molecule has 0 bridgehead atoms. The second-order valence-corrected chi connectivity index (χ2v) is 11.2. The van der Waals surface area contributed by atoms with Gasteiger partial charge in [0, 0.05) is 10.5 Å². The van der Waals surface area contributed by atoms with Crippen LogP contribution in [0.2, 0.25) is 0 Å². The smallest absolute Gasteiger partial charge is 0.195 e. The van der Waals surface area contributed by atoms with Gasteiger partial charge < -0.3 is 0 Å². The van der Waals surface area contributed by atoms with Gasteiger partial charge in [0.05, 0.1) is 38.5 Å². The Morgan fingerprint density at radius 1 is 0.867 bits per heavy atom. The highest BCUT2D eigenvalue weighted by atomic mass is 32.2. The lowest BCUT2D eigenvalue weighted by atomic mass is 10.1. The van der Waals surface area contributed by atoms with Gasteiger partial charge in [0.2, 0.25) is 0 Å². The van der Waals surface area contributed by atoms with Gasteiger partial charge in [0.25, 0.3) is 0 Å². The number of aromatic nitrogens is 4. The number of imidazole rings is 1. The van der Waals surface area contributed by atoms with Crippen LogP contribution in [0.1, 0.15) is 0 Å². The van der Waals surface area contributed by atoms with Crippen LogP contribution in [-0.2, 0) is 0 Å². The molecule has 0 unspecified atom stereocenters. The standard InChI is InChI=1S/C23H14N4S2Si/c1-2-6-18-17(5-1)27-16-10-9-13(11-14(16)26-23(27)29-18)15-12-24-21-22(25-15)30-20-8-4-3-7-19(20)28-21/h1-12H,30H2. The highest BCUT2D eigenvalue weighted by Gasteiger charge is 2.20. The van der Waals surface area contributed by atoms with E-state index in [0.717, 1.165) is 32.3 Å². The van der Waals surface area contributed by atoms with Crippen molar-refractivity contribution in [2.75, 3.05) is 0 Å².